The van der Waals surface area contributed by atoms with Crippen LogP contribution in [0.4, 0.5) is 26.3 Å². The molecule has 8 bridgehead atoms. The Bertz CT molecular complexity index is 2800. The zero-order valence-corrected chi connectivity index (χ0v) is 35.7. The first kappa shape index (κ1) is 44.6. The number of aromatic nitrogens is 2. The predicted molar refractivity (Wildman–Crippen MR) is 213 cm³/mol. The Morgan fingerprint density at radius 2 is 1.60 bits per heavy atom. The third-order valence-electron chi connectivity index (χ3n) is 12.8. The van der Waals surface area contributed by atoms with Gasteiger partial charge in [0.25, 0.3) is 0 Å². The third kappa shape index (κ3) is 7.07. The number of hydrogen-bond donors (Lipinski definition) is 0. The third-order valence-corrected chi connectivity index (χ3v) is 12.8. The van der Waals surface area contributed by atoms with Crippen LogP contribution in [-0.4, -0.2) is 34.1 Å². The summed E-state index contributed by atoms with van der Waals surface area (Å²) in [6, 6.07) is 6.81. The van der Waals surface area contributed by atoms with Gasteiger partial charge in [-0.1, -0.05) is 39.0 Å². The van der Waals surface area contributed by atoms with Crippen LogP contribution in [0.5, 0.6) is 11.8 Å². The van der Waals surface area contributed by atoms with Crippen molar-refractivity contribution in [3.63, 3.8) is 0 Å². The molecule has 0 saturated heterocycles. The van der Waals surface area contributed by atoms with Crippen molar-refractivity contribution in [2.45, 2.75) is 91.5 Å². The second kappa shape index (κ2) is 15.7. The Hall–Kier alpha value is -5.50. The maximum absolute atomic E-state index is 15.0. The fraction of sp³-hybridized carbons (Fsp3) is 0.370. The molecule has 0 spiro atoms. The van der Waals surface area contributed by atoms with Crippen LogP contribution in [0, 0.1) is 18.8 Å². The number of methoxy groups -OCH3 is 1. The number of nitrogens with zero attached hydrogens (tertiary/aromatic N) is 5. The van der Waals surface area contributed by atoms with Crippen molar-refractivity contribution in [1.29, 1.82) is 0 Å². The smallest absolute Gasteiger partial charge is 0.860 e. The number of allylic oxidation sites excluding steroid dienone is 4. The van der Waals surface area contributed by atoms with E-state index in [1.54, 1.807) is 13.0 Å². The zero-order chi connectivity index (χ0) is 44.1. The molecule has 0 amide bonds. The average Bonchev–Trinajstić information content (AvgIpc) is 3.89. The van der Waals surface area contributed by atoms with Crippen molar-refractivity contribution in [2.75, 3.05) is 7.11 Å². The van der Waals surface area contributed by atoms with Gasteiger partial charge < -0.3 is 19.5 Å². The molecule has 0 fully saturated rings. The first-order valence-corrected chi connectivity index (χ1v) is 20.0. The number of ether oxygens (including phenoxy) is 1. The van der Waals surface area contributed by atoms with E-state index in [0.717, 1.165) is 22.4 Å². The summed E-state index contributed by atoms with van der Waals surface area (Å²) in [5.41, 5.74) is 1.74. The van der Waals surface area contributed by atoms with Gasteiger partial charge in [0, 0.05) is 46.6 Å². The van der Waals surface area contributed by atoms with E-state index in [0.29, 0.717) is 68.5 Å². The molecule has 6 aliphatic rings. The summed E-state index contributed by atoms with van der Waals surface area (Å²) in [4.78, 5) is 33.0. The topological polar surface area (TPSA) is 127 Å². The van der Waals surface area contributed by atoms with Crippen LogP contribution in [0.3, 0.4) is 0 Å². The number of halogens is 6. The van der Waals surface area contributed by atoms with E-state index < -0.39 is 70.6 Å². The first-order valence-electron chi connectivity index (χ1n) is 20.0. The minimum atomic E-state index is -5.16. The van der Waals surface area contributed by atoms with E-state index in [4.69, 9.17) is 24.7 Å². The Labute approximate surface area is 363 Å². The second-order valence-electron chi connectivity index (χ2n) is 16.2. The van der Waals surface area contributed by atoms with Gasteiger partial charge in [-0.25, -0.2) is 9.98 Å². The van der Waals surface area contributed by atoms with Crippen molar-refractivity contribution in [3.8, 4) is 23.0 Å². The molecule has 0 aromatic heterocycles. The number of carbonyl (C=O) groups excluding carboxylic acids is 1. The molecule has 3 atom stereocenters. The van der Waals surface area contributed by atoms with Crippen LogP contribution in [0.2, 0.25) is 0 Å². The summed E-state index contributed by atoms with van der Waals surface area (Å²) in [6.45, 7) is 10.8. The molecule has 62 heavy (non-hydrogen) atoms. The minimum absolute atomic E-state index is 0. The maximum Gasteiger partial charge on any atom is 2.00 e. The normalized spacial score (nSPS) is 20.6. The number of esters is 1. The van der Waals surface area contributed by atoms with Crippen LogP contribution in [-0.2, 0) is 50.3 Å². The van der Waals surface area contributed by atoms with E-state index in [1.165, 1.54) is 7.11 Å². The van der Waals surface area contributed by atoms with Gasteiger partial charge in [-0.05, 0) is 110 Å². The molecule has 6 heterocycles. The van der Waals surface area contributed by atoms with Crippen LogP contribution >= 0.6 is 0 Å². The quantitative estimate of drug-likeness (QED) is 0.105. The minimum Gasteiger partial charge on any atom is -0.860 e. The van der Waals surface area contributed by atoms with Gasteiger partial charge in [0.05, 0.1) is 63.5 Å². The molecule has 2 aromatic carbocycles. The largest absolute Gasteiger partial charge is 2.00 e. The van der Waals surface area contributed by atoms with E-state index >= 15 is 5.11 Å². The van der Waals surface area contributed by atoms with Crippen LogP contribution in [0.15, 0.2) is 80.0 Å². The molecule has 0 N–H and O–H groups in total. The van der Waals surface area contributed by atoms with Gasteiger partial charge in [-0.3, -0.25) is 14.8 Å². The van der Waals surface area contributed by atoms with E-state index in [2.05, 4.69) is 13.8 Å². The number of benzene rings is 2. The van der Waals surface area contributed by atoms with E-state index in [9.17, 15) is 36.2 Å². The van der Waals surface area contributed by atoms with Crippen molar-refractivity contribution in [3.05, 3.63) is 115 Å². The van der Waals surface area contributed by atoms with Gasteiger partial charge in [-0.15, -0.1) is 0 Å². The summed E-state index contributed by atoms with van der Waals surface area (Å²) < 4.78 is 89.7. The zero-order valence-electron chi connectivity index (χ0n) is 34.8. The van der Waals surface area contributed by atoms with E-state index in [-0.39, 0.29) is 57.9 Å². The van der Waals surface area contributed by atoms with Gasteiger partial charge in [0.1, 0.15) is 0 Å². The second-order valence-corrected chi connectivity index (χ2v) is 16.2. The van der Waals surface area contributed by atoms with E-state index in [1.807, 2.05) is 45.0 Å². The molecular formula is C46H41F6N5NiO4. The molecule has 9 nitrogen and oxygen atoms in total. The van der Waals surface area contributed by atoms with Crippen molar-refractivity contribution in [1.82, 2.24) is 9.55 Å². The number of hydrogen-bond acceptors (Lipinski definition) is 8. The van der Waals surface area contributed by atoms with Crippen LogP contribution < -0.4 is 20.8 Å². The fourth-order valence-corrected chi connectivity index (χ4v) is 9.18. The molecule has 6 aliphatic heterocycles. The van der Waals surface area contributed by atoms with Gasteiger partial charge in [-0.2, -0.15) is 26.3 Å². The number of carbonyl (C=O) groups is 1. The van der Waals surface area contributed by atoms with Crippen LogP contribution in [0.25, 0.3) is 23.0 Å². The Balaban J connectivity index is 0.00000578. The summed E-state index contributed by atoms with van der Waals surface area (Å²) in [7, 11) is 1.25. The summed E-state index contributed by atoms with van der Waals surface area (Å²) in [5, 5.41) is 31.0. The maximum atomic E-state index is 15.0. The molecular weight excluding hydrogens is 859 g/mol. The standard InChI is InChI=1S/C46H43F6N5O4.Ni/c1-8-27-21(3)32-19-34-44(6,9-2)30-12-10-11-29(39(30)55-34)38-22(4)28(13-14-35(58)61-7)40(56-38)37-41-36(23(5)31(54-41)18-33(27)53-32)42(59)57(43(37)60)20-24-15-25(45(47,48)49)17-26(16-24)46(50,51)52;/h10-12,15-19,22,28,59-60H,8-9,13-14,20H2,1-7H3;/q;+2/p-2/t22-,28-,44?;/m0./s1. The van der Waals surface area contributed by atoms with Gasteiger partial charge in [0.2, 0.25) is 0 Å². The number of rotatable bonds is 7. The number of alkyl halides is 6. The summed E-state index contributed by atoms with van der Waals surface area (Å²) >= 11 is 0. The molecule has 0 saturated carbocycles. The first-order chi connectivity index (χ1) is 28.7. The average molecular weight is 901 g/mol. The number of fused-ring (bicyclic) bond motifs is 5. The number of pyridine rings is 1. The van der Waals surface area contributed by atoms with Crippen molar-refractivity contribution < 1.29 is 62.6 Å². The van der Waals surface area contributed by atoms with Crippen molar-refractivity contribution in [2.24, 2.45) is 26.8 Å². The SMILES string of the molecule is CCC1=C(C)C2=NC1=Cc1nc3c(c([O-])n(Cc4cc(C(F)(F)F)cc(C(F)(F)F)c4)c([O-])c-3c1C)C1=NC(=c3cccc4c3=NC(=C2)C4(C)CC)[C@@H](C)[C@@H]1CCC(=O)OC.[Ni+2]. The predicted octanol–water partition coefficient (Wildman–Crippen LogP) is 8.06. The monoisotopic (exact) mass is 899 g/mol. The molecule has 8 rings (SSSR count). The van der Waals surface area contributed by atoms with Crippen LogP contribution in [0.1, 0.15) is 99.4 Å². The Kier molecular flexibility index (Phi) is 11.3. The molecule has 1 unspecified atom stereocenters. The molecule has 326 valence electrons. The fourth-order valence-electron chi connectivity index (χ4n) is 9.18. The van der Waals surface area contributed by atoms with Gasteiger partial charge >= 0.3 is 34.8 Å². The van der Waals surface area contributed by atoms with Crippen molar-refractivity contribution >= 4 is 29.2 Å². The number of para-hydroxylation sites is 1. The van der Waals surface area contributed by atoms with Gasteiger partial charge in [0.15, 0.2) is 0 Å². The molecule has 0 aliphatic carbocycles. The Morgan fingerprint density at radius 3 is 2.21 bits per heavy atom. The summed E-state index contributed by atoms with van der Waals surface area (Å²) in [6.07, 6.45) is -5.25. The number of aliphatic imine (C=N–C) groups is 2. The summed E-state index contributed by atoms with van der Waals surface area (Å²) in [5.74, 6) is -3.58. The molecule has 2 aromatic rings. The Morgan fingerprint density at radius 1 is 0.935 bits per heavy atom. The molecule has 0 radical (unpaired) electrons. The molecule has 16 heteroatoms.